The van der Waals surface area contributed by atoms with Crippen molar-refractivity contribution in [3.05, 3.63) is 38.3 Å². The third kappa shape index (κ3) is 4.66. The fraction of sp³-hybridized carbons (Fsp3) is 0.500. The zero-order chi connectivity index (χ0) is 15.4. The molecule has 1 aromatic rings. The average Bonchev–Trinajstić information content (AvgIpc) is 2.46. The minimum absolute atomic E-state index is 0. The van der Waals surface area contributed by atoms with Crippen LogP contribution < -0.4 is 5.32 Å². The van der Waals surface area contributed by atoms with E-state index in [1.807, 2.05) is 7.05 Å². The first-order valence-corrected chi connectivity index (χ1v) is 7.69. The van der Waals surface area contributed by atoms with Crippen LogP contribution in [0.3, 0.4) is 0 Å². The number of carbonyl (C=O) groups is 1. The smallest absolute Gasteiger partial charge is 0.271 e. The molecule has 1 amide bonds. The van der Waals surface area contributed by atoms with Gasteiger partial charge in [-0.2, -0.15) is 0 Å². The first-order valence-electron chi connectivity index (χ1n) is 6.90. The number of nitrogens with zero attached hydrogens (tertiary/aromatic N) is 2. The van der Waals surface area contributed by atoms with Gasteiger partial charge < -0.3 is 10.2 Å². The van der Waals surface area contributed by atoms with Gasteiger partial charge in [0.2, 0.25) is 0 Å². The molecule has 8 heteroatoms. The van der Waals surface area contributed by atoms with E-state index in [4.69, 9.17) is 0 Å². The van der Waals surface area contributed by atoms with Crippen LogP contribution in [0.5, 0.6) is 0 Å². The molecule has 1 aromatic carbocycles. The van der Waals surface area contributed by atoms with Gasteiger partial charge >= 0.3 is 0 Å². The second-order valence-corrected chi connectivity index (χ2v) is 6.19. The molecule has 1 aliphatic heterocycles. The van der Waals surface area contributed by atoms with Crippen LogP contribution in [0.2, 0.25) is 0 Å². The number of rotatable bonds is 4. The molecule has 0 spiro atoms. The van der Waals surface area contributed by atoms with Gasteiger partial charge in [-0.05, 0) is 38.4 Å². The summed E-state index contributed by atoms with van der Waals surface area (Å²) in [6.45, 7) is 2.28. The van der Waals surface area contributed by atoms with Crippen LogP contribution in [-0.2, 0) is 0 Å². The van der Waals surface area contributed by atoms with Gasteiger partial charge in [-0.3, -0.25) is 14.9 Å². The van der Waals surface area contributed by atoms with E-state index in [0.717, 1.165) is 19.4 Å². The van der Waals surface area contributed by atoms with Gasteiger partial charge in [-0.1, -0.05) is 15.9 Å². The number of nitro benzene ring substituents is 1. The molecule has 1 saturated heterocycles. The molecule has 1 fully saturated rings. The van der Waals surface area contributed by atoms with Gasteiger partial charge in [0.05, 0.1) is 4.92 Å². The number of benzene rings is 1. The van der Waals surface area contributed by atoms with Gasteiger partial charge in [0.1, 0.15) is 0 Å². The number of nitrogens with one attached hydrogen (secondary N) is 1. The average molecular weight is 393 g/mol. The van der Waals surface area contributed by atoms with Crippen molar-refractivity contribution in [2.45, 2.75) is 12.8 Å². The van der Waals surface area contributed by atoms with E-state index in [-0.39, 0.29) is 24.0 Å². The monoisotopic (exact) mass is 391 g/mol. The molecule has 1 N–H and O–H groups in total. The van der Waals surface area contributed by atoms with Crippen molar-refractivity contribution in [1.82, 2.24) is 10.2 Å². The third-order valence-corrected chi connectivity index (χ3v) is 4.10. The Bertz CT molecular complexity index is 554. The topological polar surface area (TPSA) is 75.5 Å². The van der Waals surface area contributed by atoms with Crippen molar-refractivity contribution in [3.8, 4) is 0 Å². The van der Waals surface area contributed by atoms with Crippen molar-refractivity contribution in [1.29, 1.82) is 0 Å². The highest BCUT2D eigenvalue weighted by molar-refractivity contribution is 9.10. The van der Waals surface area contributed by atoms with Crippen LogP contribution in [0.4, 0.5) is 5.69 Å². The van der Waals surface area contributed by atoms with Crippen LogP contribution >= 0.6 is 28.3 Å². The van der Waals surface area contributed by atoms with E-state index < -0.39 is 4.92 Å². The lowest BCUT2D eigenvalue weighted by molar-refractivity contribution is -0.385. The Labute approximate surface area is 143 Å². The van der Waals surface area contributed by atoms with Gasteiger partial charge in [-0.15, -0.1) is 12.4 Å². The molecule has 6 nitrogen and oxygen atoms in total. The molecule has 1 aliphatic rings. The summed E-state index contributed by atoms with van der Waals surface area (Å²) < 4.78 is 0.545. The molecule has 1 heterocycles. The summed E-state index contributed by atoms with van der Waals surface area (Å²) in [6.07, 6.45) is 2.07. The number of halogens is 2. The maximum absolute atomic E-state index is 12.5. The fourth-order valence-corrected chi connectivity index (χ4v) is 3.17. The van der Waals surface area contributed by atoms with Gasteiger partial charge in [-0.25, -0.2) is 0 Å². The minimum Gasteiger partial charge on any atom is -0.338 e. The molecule has 0 saturated carbocycles. The third-order valence-electron chi connectivity index (χ3n) is 3.64. The highest BCUT2D eigenvalue weighted by atomic mass is 79.9. The zero-order valence-electron chi connectivity index (χ0n) is 12.3. The molecule has 0 radical (unpaired) electrons. The summed E-state index contributed by atoms with van der Waals surface area (Å²) in [7, 11) is 1.90. The highest BCUT2D eigenvalue weighted by Crippen LogP contribution is 2.24. The molecule has 0 aliphatic carbocycles. The number of carbonyl (C=O) groups excluding carboxylic acids is 1. The van der Waals surface area contributed by atoms with Crippen LogP contribution in [-0.4, -0.2) is 42.4 Å². The quantitative estimate of drug-likeness (QED) is 0.631. The first kappa shape index (κ1) is 18.9. The molecule has 122 valence electrons. The van der Waals surface area contributed by atoms with Crippen molar-refractivity contribution < 1.29 is 9.72 Å². The van der Waals surface area contributed by atoms with Crippen LogP contribution in [0.1, 0.15) is 23.2 Å². The lowest BCUT2D eigenvalue weighted by Gasteiger charge is -2.32. The van der Waals surface area contributed by atoms with E-state index in [9.17, 15) is 14.9 Å². The molecule has 1 atom stereocenters. The van der Waals surface area contributed by atoms with Gasteiger partial charge in [0.15, 0.2) is 0 Å². The summed E-state index contributed by atoms with van der Waals surface area (Å²) in [4.78, 5) is 24.7. The SMILES string of the molecule is CNCC1CCCN(C(=O)c2cc(Br)cc([N+](=O)[O-])c2)C1.Cl. The maximum Gasteiger partial charge on any atom is 0.271 e. The Morgan fingerprint density at radius 2 is 2.23 bits per heavy atom. The number of piperidine rings is 1. The Morgan fingerprint density at radius 1 is 1.50 bits per heavy atom. The van der Waals surface area contributed by atoms with E-state index >= 15 is 0 Å². The summed E-state index contributed by atoms with van der Waals surface area (Å²) in [6, 6.07) is 4.38. The van der Waals surface area contributed by atoms with E-state index in [2.05, 4.69) is 21.2 Å². The zero-order valence-corrected chi connectivity index (χ0v) is 14.7. The normalized spacial score (nSPS) is 17.7. The Kier molecular flexibility index (Phi) is 7.25. The summed E-state index contributed by atoms with van der Waals surface area (Å²) in [5.41, 5.74) is 0.290. The van der Waals surface area contributed by atoms with Crippen LogP contribution in [0.15, 0.2) is 22.7 Å². The minimum atomic E-state index is -0.485. The number of non-ortho nitro benzene ring substituents is 1. The van der Waals surface area contributed by atoms with Crippen molar-refractivity contribution in [2.24, 2.45) is 5.92 Å². The van der Waals surface area contributed by atoms with E-state index in [0.29, 0.717) is 29.0 Å². The fourth-order valence-electron chi connectivity index (χ4n) is 2.69. The molecule has 0 bridgehead atoms. The predicted octanol–water partition coefficient (Wildman–Crippen LogP) is 2.85. The Balaban J connectivity index is 0.00000242. The largest absolute Gasteiger partial charge is 0.338 e. The highest BCUT2D eigenvalue weighted by Gasteiger charge is 2.25. The number of likely N-dealkylation sites (tertiary alicyclic amines) is 1. The molecular formula is C14H19BrClN3O3. The van der Waals surface area contributed by atoms with Crippen molar-refractivity contribution in [3.63, 3.8) is 0 Å². The lowest BCUT2D eigenvalue weighted by Crippen LogP contribution is -2.42. The number of hydrogen-bond acceptors (Lipinski definition) is 4. The number of nitro groups is 1. The second kappa shape index (κ2) is 8.45. The second-order valence-electron chi connectivity index (χ2n) is 5.27. The molecular weight excluding hydrogens is 374 g/mol. The standard InChI is InChI=1S/C14H18BrN3O3.ClH/c1-16-8-10-3-2-4-17(9-10)14(19)11-5-12(15)7-13(6-11)18(20)21;/h5-7,10,16H,2-4,8-9H2,1H3;1H. The number of hydrogen-bond donors (Lipinski definition) is 1. The summed E-state index contributed by atoms with van der Waals surface area (Å²) in [5.74, 6) is 0.301. The first-order chi connectivity index (χ1) is 10.0. The summed E-state index contributed by atoms with van der Waals surface area (Å²) >= 11 is 3.23. The van der Waals surface area contributed by atoms with E-state index in [1.54, 1.807) is 11.0 Å². The predicted molar refractivity (Wildman–Crippen MR) is 90.6 cm³/mol. The van der Waals surface area contributed by atoms with Gasteiger partial charge in [0.25, 0.3) is 11.6 Å². The molecule has 22 heavy (non-hydrogen) atoms. The lowest BCUT2D eigenvalue weighted by atomic mass is 9.97. The molecule has 0 aromatic heterocycles. The number of amides is 1. The van der Waals surface area contributed by atoms with Gasteiger partial charge in [0, 0.05) is 35.3 Å². The Hall–Kier alpha value is -1.18. The maximum atomic E-state index is 12.5. The molecule has 2 rings (SSSR count). The Morgan fingerprint density at radius 3 is 2.86 bits per heavy atom. The van der Waals surface area contributed by atoms with Crippen LogP contribution in [0.25, 0.3) is 0 Å². The van der Waals surface area contributed by atoms with E-state index in [1.165, 1.54) is 12.1 Å². The van der Waals surface area contributed by atoms with Crippen molar-refractivity contribution >= 4 is 39.9 Å². The summed E-state index contributed by atoms with van der Waals surface area (Å²) in [5, 5.41) is 14.0. The van der Waals surface area contributed by atoms with Crippen molar-refractivity contribution in [2.75, 3.05) is 26.7 Å². The molecule has 1 unspecified atom stereocenters. The van der Waals surface area contributed by atoms with Crippen LogP contribution in [0, 0.1) is 16.0 Å².